The zero-order chi connectivity index (χ0) is 16.9. The first-order valence-corrected chi connectivity index (χ1v) is 8.17. The fourth-order valence-electron chi connectivity index (χ4n) is 2.91. The maximum atomic E-state index is 12.4. The third kappa shape index (κ3) is 3.74. The summed E-state index contributed by atoms with van der Waals surface area (Å²) in [5.74, 6) is -0.115. The predicted molar refractivity (Wildman–Crippen MR) is 95.6 cm³/mol. The standard InChI is InChI=1S/C19H21N3O2/c1-20-19(24)22-17-10-8-16(9-11-17)21-18(23)15-7-6-13-4-2-3-5-14(13)12-15/h6-12H,2-5H2,1H3,(H,21,23)(H2,20,22,24). The maximum absolute atomic E-state index is 12.4. The number of hydrogen-bond donors (Lipinski definition) is 3. The van der Waals surface area contributed by atoms with Crippen LogP contribution in [0.3, 0.4) is 0 Å². The number of hydrogen-bond acceptors (Lipinski definition) is 2. The van der Waals surface area contributed by atoms with E-state index in [2.05, 4.69) is 22.0 Å². The Hall–Kier alpha value is -2.82. The van der Waals surface area contributed by atoms with Crippen molar-refractivity contribution in [2.24, 2.45) is 0 Å². The van der Waals surface area contributed by atoms with Crippen LogP contribution in [-0.2, 0) is 12.8 Å². The summed E-state index contributed by atoms with van der Waals surface area (Å²) in [5, 5.41) is 8.05. The topological polar surface area (TPSA) is 70.2 Å². The molecule has 3 amide bonds. The molecule has 2 aromatic carbocycles. The molecule has 0 radical (unpaired) electrons. The summed E-state index contributed by atoms with van der Waals surface area (Å²) in [6.07, 6.45) is 4.58. The molecule has 0 aromatic heterocycles. The Morgan fingerprint density at radius 2 is 1.46 bits per heavy atom. The second-order valence-electron chi connectivity index (χ2n) is 5.93. The molecule has 2 aromatic rings. The van der Waals surface area contributed by atoms with Gasteiger partial charge < -0.3 is 16.0 Å². The van der Waals surface area contributed by atoms with E-state index in [1.54, 1.807) is 31.3 Å². The molecule has 0 saturated carbocycles. The lowest BCUT2D eigenvalue weighted by molar-refractivity contribution is 0.102. The lowest BCUT2D eigenvalue weighted by atomic mass is 9.90. The van der Waals surface area contributed by atoms with Gasteiger partial charge in [0.1, 0.15) is 0 Å². The molecule has 0 bridgehead atoms. The minimum absolute atomic E-state index is 0.115. The summed E-state index contributed by atoms with van der Waals surface area (Å²) in [6.45, 7) is 0. The molecule has 0 saturated heterocycles. The van der Waals surface area contributed by atoms with Crippen molar-refractivity contribution in [3.8, 4) is 0 Å². The average molecular weight is 323 g/mol. The lowest BCUT2D eigenvalue weighted by Gasteiger charge is -2.16. The molecular weight excluding hydrogens is 302 g/mol. The fourth-order valence-corrected chi connectivity index (χ4v) is 2.91. The number of carbonyl (C=O) groups is 2. The number of aryl methyl sites for hydroxylation is 2. The predicted octanol–water partition coefficient (Wildman–Crippen LogP) is 3.57. The van der Waals surface area contributed by atoms with Crippen LogP contribution in [0.2, 0.25) is 0 Å². The van der Waals surface area contributed by atoms with Crippen LogP contribution in [0.25, 0.3) is 0 Å². The molecule has 0 fully saturated rings. The molecule has 124 valence electrons. The molecule has 0 unspecified atom stereocenters. The highest BCUT2D eigenvalue weighted by atomic mass is 16.2. The minimum atomic E-state index is -0.277. The molecule has 3 rings (SSSR count). The monoisotopic (exact) mass is 323 g/mol. The Labute approximate surface area is 141 Å². The minimum Gasteiger partial charge on any atom is -0.341 e. The van der Waals surface area contributed by atoms with Gasteiger partial charge in [-0.3, -0.25) is 4.79 Å². The normalized spacial score (nSPS) is 12.9. The van der Waals surface area contributed by atoms with Gasteiger partial charge in [-0.1, -0.05) is 6.07 Å². The Morgan fingerprint density at radius 1 is 0.833 bits per heavy atom. The number of anilines is 2. The van der Waals surface area contributed by atoms with Gasteiger partial charge in [0.25, 0.3) is 5.91 Å². The van der Waals surface area contributed by atoms with Gasteiger partial charge in [0.15, 0.2) is 0 Å². The molecule has 5 heteroatoms. The van der Waals surface area contributed by atoms with Gasteiger partial charge >= 0.3 is 6.03 Å². The van der Waals surface area contributed by atoms with Crippen molar-refractivity contribution in [1.82, 2.24) is 5.32 Å². The average Bonchev–Trinajstić information content (AvgIpc) is 2.62. The van der Waals surface area contributed by atoms with Crippen molar-refractivity contribution in [2.45, 2.75) is 25.7 Å². The quantitative estimate of drug-likeness (QED) is 0.808. The van der Waals surface area contributed by atoms with Gasteiger partial charge in [-0.25, -0.2) is 4.79 Å². The number of nitrogens with one attached hydrogen (secondary N) is 3. The first-order chi connectivity index (χ1) is 11.7. The van der Waals surface area contributed by atoms with E-state index in [1.165, 1.54) is 24.0 Å². The Bertz CT molecular complexity index is 754. The largest absolute Gasteiger partial charge is 0.341 e. The molecule has 1 aliphatic rings. The first-order valence-electron chi connectivity index (χ1n) is 8.17. The van der Waals surface area contributed by atoms with E-state index in [9.17, 15) is 9.59 Å². The summed E-state index contributed by atoms with van der Waals surface area (Å²) < 4.78 is 0. The lowest BCUT2D eigenvalue weighted by Crippen LogP contribution is -2.24. The molecule has 0 spiro atoms. The smallest absolute Gasteiger partial charge is 0.318 e. The third-order valence-electron chi connectivity index (χ3n) is 4.24. The van der Waals surface area contributed by atoms with Gasteiger partial charge in [-0.2, -0.15) is 0 Å². The zero-order valence-corrected chi connectivity index (χ0v) is 13.7. The van der Waals surface area contributed by atoms with E-state index < -0.39 is 0 Å². The van der Waals surface area contributed by atoms with Crippen LogP contribution in [-0.4, -0.2) is 19.0 Å². The summed E-state index contributed by atoms with van der Waals surface area (Å²) in [7, 11) is 1.56. The molecule has 24 heavy (non-hydrogen) atoms. The van der Waals surface area contributed by atoms with Crippen molar-refractivity contribution in [3.63, 3.8) is 0 Å². The van der Waals surface area contributed by atoms with Gasteiger partial charge in [-0.15, -0.1) is 0 Å². The molecule has 1 aliphatic carbocycles. The third-order valence-corrected chi connectivity index (χ3v) is 4.24. The highest BCUT2D eigenvalue weighted by Crippen LogP contribution is 2.23. The van der Waals surface area contributed by atoms with E-state index in [0.717, 1.165) is 12.8 Å². The van der Waals surface area contributed by atoms with Crippen molar-refractivity contribution in [2.75, 3.05) is 17.7 Å². The Morgan fingerprint density at radius 3 is 2.12 bits per heavy atom. The second kappa shape index (κ2) is 7.17. The van der Waals surface area contributed by atoms with E-state index in [4.69, 9.17) is 0 Å². The fraction of sp³-hybridized carbons (Fsp3) is 0.263. The van der Waals surface area contributed by atoms with Crippen molar-refractivity contribution < 1.29 is 9.59 Å². The highest BCUT2D eigenvalue weighted by molar-refractivity contribution is 6.04. The summed E-state index contributed by atoms with van der Waals surface area (Å²) >= 11 is 0. The van der Waals surface area contributed by atoms with Crippen LogP contribution in [0.1, 0.15) is 34.3 Å². The van der Waals surface area contributed by atoms with Crippen LogP contribution in [0.5, 0.6) is 0 Å². The summed E-state index contributed by atoms with van der Waals surface area (Å²) in [4.78, 5) is 23.7. The van der Waals surface area contributed by atoms with E-state index in [-0.39, 0.29) is 11.9 Å². The van der Waals surface area contributed by atoms with Crippen LogP contribution in [0.15, 0.2) is 42.5 Å². The second-order valence-corrected chi connectivity index (χ2v) is 5.93. The molecule has 0 atom stereocenters. The molecule has 0 heterocycles. The van der Waals surface area contributed by atoms with Crippen molar-refractivity contribution >= 4 is 23.3 Å². The number of carbonyl (C=O) groups excluding carboxylic acids is 2. The van der Waals surface area contributed by atoms with Crippen LogP contribution in [0, 0.1) is 0 Å². The van der Waals surface area contributed by atoms with E-state index in [0.29, 0.717) is 16.9 Å². The van der Waals surface area contributed by atoms with Gasteiger partial charge in [0.2, 0.25) is 0 Å². The van der Waals surface area contributed by atoms with Crippen LogP contribution in [0.4, 0.5) is 16.2 Å². The van der Waals surface area contributed by atoms with Gasteiger partial charge in [0.05, 0.1) is 0 Å². The van der Waals surface area contributed by atoms with E-state index in [1.807, 2.05) is 12.1 Å². The summed E-state index contributed by atoms with van der Waals surface area (Å²) in [5.41, 5.74) is 4.70. The number of benzene rings is 2. The highest BCUT2D eigenvalue weighted by Gasteiger charge is 2.13. The Balaban J connectivity index is 1.67. The SMILES string of the molecule is CNC(=O)Nc1ccc(NC(=O)c2ccc3c(c2)CCCC3)cc1. The van der Waals surface area contributed by atoms with Crippen LogP contribution >= 0.6 is 0 Å². The molecule has 0 aliphatic heterocycles. The Kier molecular flexibility index (Phi) is 4.79. The van der Waals surface area contributed by atoms with Gasteiger partial charge in [0, 0.05) is 24.0 Å². The number of urea groups is 1. The molecule has 3 N–H and O–H groups in total. The van der Waals surface area contributed by atoms with Crippen LogP contribution < -0.4 is 16.0 Å². The summed E-state index contributed by atoms with van der Waals surface area (Å²) in [6, 6.07) is 12.7. The number of fused-ring (bicyclic) bond motifs is 1. The molecule has 5 nitrogen and oxygen atoms in total. The number of amides is 3. The zero-order valence-electron chi connectivity index (χ0n) is 13.7. The van der Waals surface area contributed by atoms with Crippen molar-refractivity contribution in [3.05, 3.63) is 59.2 Å². The van der Waals surface area contributed by atoms with E-state index >= 15 is 0 Å². The van der Waals surface area contributed by atoms with Gasteiger partial charge in [-0.05, 0) is 73.2 Å². The number of rotatable bonds is 3. The first kappa shape index (κ1) is 16.1. The van der Waals surface area contributed by atoms with Crippen molar-refractivity contribution in [1.29, 1.82) is 0 Å². The maximum Gasteiger partial charge on any atom is 0.318 e. The molecular formula is C19H21N3O2.